The number of ether oxygens (including phenoxy) is 1. The van der Waals surface area contributed by atoms with E-state index in [1.54, 1.807) is 30.3 Å². The molecule has 3 rings (SSSR count). The van der Waals surface area contributed by atoms with Crippen LogP contribution in [0.2, 0.25) is 0 Å². The molecule has 26 heavy (non-hydrogen) atoms. The lowest BCUT2D eigenvalue weighted by Gasteiger charge is -2.19. The molecule has 0 radical (unpaired) electrons. The minimum Gasteiger partial charge on any atom is -0.423 e. The summed E-state index contributed by atoms with van der Waals surface area (Å²) in [5.41, 5.74) is 0.445. The van der Waals surface area contributed by atoms with Gasteiger partial charge < -0.3 is 4.74 Å². The van der Waals surface area contributed by atoms with Crippen molar-refractivity contribution in [2.45, 2.75) is 0 Å². The Morgan fingerprint density at radius 2 is 1.65 bits per heavy atom. The molecule has 0 aliphatic carbocycles. The van der Waals surface area contributed by atoms with Crippen molar-refractivity contribution >= 4 is 48.4 Å². The predicted molar refractivity (Wildman–Crippen MR) is 106 cm³/mol. The summed E-state index contributed by atoms with van der Waals surface area (Å²) >= 11 is 3.42. The second-order valence-corrected chi connectivity index (χ2v) is 8.72. The van der Waals surface area contributed by atoms with E-state index in [9.17, 15) is 13.2 Å². The summed E-state index contributed by atoms with van der Waals surface area (Å²) in [6.07, 6.45) is 1.08. The van der Waals surface area contributed by atoms with Gasteiger partial charge >= 0.3 is 5.97 Å². The molecule has 0 amide bonds. The van der Waals surface area contributed by atoms with Gasteiger partial charge in [0.1, 0.15) is 5.75 Å². The summed E-state index contributed by atoms with van der Waals surface area (Å²) in [6, 6.07) is 17.6. The number of rotatable bonds is 4. The van der Waals surface area contributed by atoms with Crippen molar-refractivity contribution in [3.63, 3.8) is 0 Å². The second kappa shape index (κ2) is 7.09. The van der Waals surface area contributed by atoms with Crippen molar-refractivity contribution < 1.29 is 17.9 Å². The quantitative estimate of drug-likeness (QED) is 0.456. The van der Waals surface area contributed by atoms with Crippen LogP contribution in [0.4, 0.5) is 5.69 Å². The van der Waals surface area contributed by atoms with Gasteiger partial charge in [0.05, 0.1) is 17.5 Å². The van der Waals surface area contributed by atoms with Crippen LogP contribution in [-0.2, 0) is 10.0 Å². The Kier molecular flexibility index (Phi) is 5.02. The monoisotopic (exact) mass is 433 g/mol. The van der Waals surface area contributed by atoms with Gasteiger partial charge in [0.25, 0.3) is 0 Å². The zero-order chi connectivity index (χ0) is 18.9. The highest BCUT2D eigenvalue weighted by Crippen LogP contribution is 2.26. The largest absolute Gasteiger partial charge is 0.423 e. The van der Waals surface area contributed by atoms with Crippen molar-refractivity contribution in [1.82, 2.24) is 0 Å². The lowest BCUT2D eigenvalue weighted by atomic mass is 10.1. The Bertz CT molecular complexity index is 1100. The number of hydrogen-bond acceptors (Lipinski definition) is 4. The summed E-state index contributed by atoms with van der Waals surface area (Å²) in [4.78, 5) is 12.6. The lowest BCUT2D eigenvalue weighted by Crippen LogP contribution is -2.27. The SMILES string of the molecule is CN(c1ccccc1C(=O)Oc1ccc2cc(Br)ccc2c1)S(C)(=O)=O. The maximum atomic E-state index is 12.6. The highest BCUT2D eigenvalue weighted by molar-refractivity contribution is 9.10. The van der Waals surface area contributed by atoms with E-state index in [-0.39, 0.29) is 11.3 Å². The van der Waals surface area contributed by atoms with Crippen molar-refractivity contribution in [3.8, 4) is 5.75 Å². The first kappa shape index (κ1) is 18.4. The van der Waals surface area contributed by atoms with Gasteiger partial charge in [-0.25, -0.2) is 13.2 Å². The molecule has 0 saturated carbocycles. The van der Waals surface area contributed by atoms with Crippen LogP contribution in [0.3, 0.4) is 0 Å². The van der Waals surface area contributed by atoms with Gasteiger partial charge in [-0.2, -0.15) is 0 Å². The number of hydrogen-bond donors (Lipinski definition) is 0. The van der Waals surface area contributed by atoms with E-state index in [2.05, 4.69) is 15.9 Å². The van der Waals surface area contributed by atoms with Gasteiger partial charge in [0.15, 0.2) is 0 Å². The van der Waals surface area contributed by atoms with Crippen LogP contribution in [0.1, 0.15) is 10.4 Å². The predicted octanol–water partition coefficient (Wildman–Crippen LogP) is 4.22. The van der Waals surface area contributed by atoms with E-state index in [1.807, 2.05) is 24.3 Å². The van der Waals surface area contributed by atoms with Crippen molar-refractivity contribution in [1.29, 1.82) is 0 Å². The molecular weight excluding hydrogens is 418 g/mol. The molecule has 3 aromatic rings. The van der Waals surface area contributed by atoms with E-state index in [1.165, 1.54) is 13.1 Å². The number of sulfonamides is 1. The number of carbonyl (C=O) groups excluding carboxylic acids is 1. The van der Waals surface area contributed by atoms with E-state index >= 15 is 0 Å². The molecule has 0 saturated heterocycles. The van der Waals surface area contributed by atoms with E-state index < -0.39 is 16.0 Å². The van der Waals surface area contributed by atoms with Gasteiger partial charge in [-0.3, -0.25) is 4.31 Å². The fraction of sp³-hybridized carbons (Fsp3) is 0.105. The first-order valence-electron chi connectivity index (χ1n) is 7.70. The molecule has 134 valence electrons. The Morgan fingerprint density at radius 3 is 2.38 bits per heavy atom. The van der Waals surface area contributed by atoms with Gasteiger partial charge in [0, 0.05) is 11.5 Å². The molecule has 3 aromatic carbocycles. The van der Waals surface area contributed by atoms with Gasteiger partial charge in [0.2, 0.25) is 10.0 Å². The Balaban J connectivity index is 1.93. The molecule has 0 fully saturated rings. The number of esters is 1. The standard InChI is InChI=1S/C19H16BrNO4S/c1-21(26(2,23)24)18-6-4-3-5-17(18)19(22)25-16-10-8-13-11-15(20)9-7-14(13)12-16/h3-12H,1-2H3. The van der Waals surface area contributed by atoms with E-state index in [4.69, 9.17) is 4.74 Å². The summed E-state index contributed by atoms with van der Waals surface area (Å²) < 4.78 is 31.1. The van der Waals surface area contributed by atoms with Crippen molar-refractivity contribution in [3.05, 3.63) is 70.7 Å². The molecule has 0 aromatic heterocycles. The summed E-state index contributed by atoms with van der Waals surface area (Å²) in [7, 11) is -2.10. The molecule has 5 nitrogen and oxygen atoms in total. The number of nitrogens with zero attached hydrogens (tertiary/aromatic N) is 1. The number of carbonyl (C=O) groups is 1. The van der Waals surface area contributed by atoms with Gasteiger partial charge in [-0.15, -0.1) is 0 Å². The van der Waals surface area contributed by atoms with Crippen molar-refractivity contribution in [2.75, 3.05) is 17.6 Å². The van der Waals surface area contributed by atoms with E-state index in [0.29, 0.717) is 5.75 Å². The minimum atomic E-state index is -3.50. The topological polar surface area (TPSA) is 63.7 Å². The first-order valence-corrected chi connectivity index (χ1v) is 10.3. The smallest absolute Gasteiger partial charge is 0.345 e. The molecule has 0 spiro atoms. The summed E-state index contributed by atoms with van der Waals surface area (Å²) in [5.74, 6) is -0.228. The molecule has 0 atom stereocenters. The number of halogens is 1. The third-order valence-corrected chi connectivity index (χ3v) is 5.63. The molecule has 0 aliphatic heterocycles. The van der Waals surface area contributed by atoms with Crippen molar-refractivity contribution in [2.24, 2.45) is 0 Å². The van der Waals surface area contributed by atoms with Crippen LogP contribution in [0.15, 0.2) is 65.1 Å². The number of para-hydroxylation sites is 1. The number of benzene rings is 3. The third-order valence-electron chi connectivity index (χ3n) is 3.94. The molecular formula is C19H16BrNO4S. The van der Waals surface area contributed by atoms with Crippen LogP contribution >= 0.6 is 15.9 Å². The average Bonchev–Trinajstić information content (AvgIpc) is 2.60. The Morgan fingerprint density at radius 1 is 1.00 bits per heavy atom. The highest BCUT2D eigenvalue weighted by Gasteiger charge is 2.20. The van der Waals surface area contributed by atoms with Gasteiger partial charge in [-0.1, -0.05) is 40.2 Å². The zero-order valence-electron chi connectivity index (χ0n) is 14.1. The Labute approximate surface area is 160 Å². The molecule has 7 heteroatoms. The normalized spacial score (nSPS) is 11.3. The summed E-state index contributed by atoms with van der Waals surface area (Å²) in [6.45, 7) is 0. The number of fused-ring (bicyclic) bond motifs is 1. The third kappa shape index (κ3) is 3.89. The van der Waals surface area contributed by atoms with Crippen LogP contribution in [0, 0.1) is 0 Å². The van der Waals surface area contributed by atoms with Crippen LogP contribution in [0.5, 0.6) is 5.75 Å². The molecule has 0 unspecified atom stereocenters. The minimum absolute atomic E-state index is 0.177. The maximum absolute atomic E-state index is 12.6. The summed E-state index contributed by atoms with van der Waals surface area (Å²) in [5, 5.41) is 1.94. The molecule has 0 bridgehead atoms. The van der Waals surface area contributed by atoms with Gasteiger partial charge in [-0.05, 0) is 47.2 Å². The van der Waals surface area contributed by atoms with Crippen LogP contribution < -0.4 is 9.04 Å². The van der Waals surface area contributed by atoms with E-state index in [0.717, 1.165) is 25.8 Å². The highest BCUT2D eigenvalue weighted by atomic mass is 79.9. The first-order chi connectivity index (χ1) is 12.3. The second-order valence-electron chi connectivity index (χ2n) is 5.79. The lowest BCUT2D eigenvalue weighted by molar-refractivity contribution is 0.0736. The number of anilines is 1. The molecule has 0 N–H and O–H groups in total. The molecule has 0 aliphatic rings. The Hall–Kier alpha value is -2.38. The fourth-order valence-corrected chi connectivity index (χ4v) is 3.41. The average molecular weight is 434 g/mol. The zero-order valence-corrected chi connectivity index (χ0v) is 16.5. The fourth-order valence-electron chi connectivity index (χ4n) is 2.52. The maximum Gasteiger partial charge on any atom is 0.345 e. The van der Waals surface area contributed by atoms with Crippen LogP contribution in [0.25, 0.3) is 10.8 Å². The van der Waals surface area contributed by atoms with Crippen LogP contribution in [-0.4, -0.2) is 27.7 Å². The molecule has 0 heterocycles.